The predicted molar refractivity (Wildman–Crippen MR) is 67.7 cm³/mol. The summed E-state index contributed by atoms with van der Waals surface area (Å²) in [4.78, 5) is 35.6. The van der Waals surface area contributed by atoms with Crippen molar-refractivity contribution in [3.63, 3.8) is 0 Å². The van der Waals surface area contributed by atoms with E-state index in [1.165, 1.54) is 0 Å². The van der Waals surface area contributed by atoms with E-state index in [0.29, 0.717) is 6.67 Å². The zero-order chi connectivity index (χ0) is 14.3. The van der Waals surface area contributed by atoms with Gasteiger partial charge in [-0.1, -0.05) is 0 Å². The Morgan fingerprint density at radius 3 is 1.21 bits per heavy atom. The molecule has 0 aromatic rings. The van der Waals surface area contributed by atoms with Crippen molar-refractivity contribution < 1.29 is 9.59 Å². The van der Waals surface area contributed by atoms with Crippen molar-refractivity contribution in [1.29, 1.82) is 0 Å². The second kappa shape index (κ2) is 3.13. The predicted octanol–water partition coefficient (Wildman–Crippen LogP) is -0.877. The molecule has 3 rings (SSSR count). The molecule has 0 N–H and O–H groups in total. The summed E-state index contributed by atoms with van der Waals surface area (Å²) in [7, 11) is 10.9. The minimum atomic E-state index is -0.792. The van der Waals surface area contributed by atoms with Crippen LogP contribution in [0.15, 0.2) is 0 Å². The second-order valence-corrected chi connectivity index (χ2v) is 5.61. The molecule has 0 saturated carbocycles. The topological polar surface area (TPSA) is 53.6 Å². The van der Waals surface area contributed by atoms with Crippen LogP contribution in [0.4, 0.5) is 9.59 Å². The van der Waals surface area contributed by atoms with Gasteiger partial charge in [-0.3, -0.25) is 19.6 Å². The van der Waals surface area contributed by atoms with E-state index in [9.17, 15) is 9.59 Å². The van der Waals surface area contributed by atoms with Crippen molar-refractivity contribution in [2.45, 2.75) is 11.6 Å². The van der Waals surface area contributed by atoms with Crippen molar-refractivity contribution in [2.24, 2.45) is 0 Å². The smallest absolute Gasteiger partial charge is 0.286 e. The van der Waals surface area contributed by atoms with E-state index in [1.807, 2.05) is 23.9 Å². The fraction of sp³-hybridized carbons (Fsp3) is 0.818. The second-order valence-electron chi connectivity index (χ2n) is 5.61. The van der Waals surface area contributed by atoms with E-state index in [4.69, 9.17) is 0 Å². The minimum absolute atomic E-state index is 0.0930. The molecule has 3 heterocycles. The fourth-order valence-corrected chi connectivity index (χ4v) is 4.39. The molecular formula is C11H20N6O2. The molecule has 0 aromatic carbocycles. The lowest BCUT2D eigenvalue weighted by molar-refractivity contribution is -0.124. The molecule has 0 aliphatic carbocycles. The molecule has 3 aliphatic rings. The lowest BCUT2D eigenvalue weighted by atomic mass is 10.1. The fourth-order valence-electron chi connectivity index (χ4n) is 4.39. The monoisotopic (exact) mass is 268 g/mol. The third-order valence-electron chi connectivity index (χ3n) is 4.96. The number of hydrogen-bond donors (Lipinski definition) is 0. The molecule has 3 aliphatic heterocycles. The molecular weight excluding hydrogens is 248 g/mol. The zero-order valence-electron chi connectivity index (χ0n) is 12.2. The molecule has 8 heteroatoms. The summed E-state index contributed by atoms with van der Waals surface area (Å²) in [5.41, 5.74) is 0. The third-order valence-corrected chi connectivity index (χ3v) is 4.96. The van der Waals surface area contributed by atoms with Crippen LogP contribution < -0.4 is 0 Å². The maximum absolute atomic E-state index is 12.4. The van der Waals surface area contributed by atoms with Gasteiger partial charge in [0.1, 0.15) is 0 Å². The average Bonchev–Trinajstić information content (AvgIpc) is 2.79. The maximum atomic E-state index is 12.4. The van der Waals surface area contributed by atoms with Gasteiger partial charge in [0.2, 0.25) is 11.6 Å². The molecule has 106 valence electrons. The van der Waals surface area contributed by atoms with E-state index in [-0.39, 0.29) is 12.1 Å². The van der Waals surface area contributed by atoms with E-state index in [1.54, 1.807) is 47.8 Å². The normalized spacial score (nSPS) is 39.7. The van der Waals surface area contributed by atoms with Gasteiger partial charge in [0.15, 0.2) is 0 Å². The van der Waals surface area contributed by atoms with E-state index in [0.717, 1.165) is 0 Å². The quantitative estimate of drug-likeness (QED) is 0.573. The van der Waals surface area contributed by atoms with Crippen molar-refractivity contribution in [3.05, 3.63) is 0 Å². The largest absolute Gasteiger partial charge is 0.325 e. The van der Waals surface area contributed by atoms with Crippen LogP contribution >= 0.6 is 0 Å². The van der Waals surface area contributed by atoms with E-state index >= 15 is 0 Å². The van der Waals surface area contributed by atoms with Crippen LogP contribution in [0.5, 0.6) is 0 Å². The zero-order valence-corrected chi connectivity index (χ0v) is 12.2. The van der Waals surface area contributed by atoms with Crippen LogP contribution in [0.3, 0.4) is 0 Å². The van der Waals surface area contributed by atoms with Gasteiger partial charge < -0.3 is 0 Å². The lowest BCUT2D eigenvalue weighted by Gasteiger charge is -2.45. The van der Waals surface area contributed by atoms with Crippen molar-refractivity contribution in [1.82, 2.24) is 29.4 Å². The van der Waals surface area contributed by atoms with Gasteiger partial charge in [-0.2, -0.15) is 0 Å². The number of amides is 4. The average molecular weight is 268 g/mol. The number of hydrogen-bond acceptors (Lipinski definition) is 4. The Balaban J connectivity index is 2.35. The van der Waals surface area contributed by atoms with E-state index < -0.39 is 11.6 Å². The molecule has 8 nitrogen and oxygen atoms in total. The summed E-state index contributed by atoms with van der Waals surface area (Å²) in [6.07, 6.45) is 0. The Morgan fingerprint density at radius 1 is 0.684 bits per heavy atom. The number of carbonyl (C=O) groups is 2. The summed E-state index contributed by atoms with van der Waals surface area (Å²) in [6.45, 7) is 0.671. The Labute approximate surface area is 112 Å². The SMILES string of the molecule is CN1CN(C)C23N(C)C(=O)N(C)C12N(C)C(=O)N3C. The summed E-state index contributed by atoms with van der Waals surface area (Å²) >= 11 is 0. The summed E-state index contributed by atoms with van der Waals surface area (Å²) in [5, 5.41) is 0. The number of urea groups is 2. The number of carbonyl (C=O) groups excluding carboxylic acids is 2. The lowest BCUT2D eigenvalue weighted by Crippen LogP contribution is -2.71. The molecule has 0 radical (unpaired) electrons. The maximum Gasteiger partial charge on any atom is 0.325 e. The van der Waals surface area contributed by atoms with Crippen molar-refractivity contribution in [2.75, 3.05) is 49.0 Å². The highest BCUT2D eigenvalue weighted by Crippen LogP contribution is 2.54. The van der Waals surface area contributed by atoms with Crippen LogP contribution in [0.2, 0.25) is 0 Å². The highest BCUT2D eigenvalue weighted by atomic mass is 16.2. The highest BCUT2D eigenvalue weighted by molar-refractivity contribution is 5.87. The van der Waals surface area contributed by atoms with Crippen LogP contribution in [0.25, 0.3) is 0 Å². The van der Waals surface area contributed by atoms with Gasteiger partial charge in [-0.15, -0.1) is 0 Å². The molecule has 0 spiro atoms. The Hall–Kier alpha value is -1.54. The molecule has 0 unspecified atom stereocenters. The van der Waals surface area contributed by atoms with E-state index in [2.05, 4.69) is 0 Å². The summed E-state index contributed by atoms with van der Waals surface area (Å²) in [6, 6.07) is -0.186. The minimum Gasteiger partial charge on any atom is -0.286 e. The molecule has 19 heavy (non-hydrogen) atoms. The van der Waals surface area contributed by atoms with Gasteiger partial charge in [-0.25, -0.2) is 19.4 Å². The third kappa shape index (κ3) is 0.855. The molecule has 0 aromatic heterocycles. The van der Waals surface area contributed by atoms with Gasteiger partial charge in [0.25, 0.3) is 0 Å². The standard InChI is InChI=1S/C11H20N6O2/c1-12-7-13(2)11-10(12,14(3)8(18)16(11)5)15(4)9(19)17(11)6/h7H2,1-6H3. The number of nitrogens with zero attached hydrogens (tertiary/aromatic N) is 6. The van der Waals surface area contributed by atoms with Gasteiger partial charge in [-0.05, 0) is 14.1 Å². The Kier molecular flexibility index (Phi) is 2.06. The Morgan fingerprint density at radius 2 is 0.947 bits per heavy atom. The van der Waals surface area contributed by atoms with Gasteiger partial charge in [0, 0.05) is 28.2 Å². The first kappa shape index (κ1) is 12.5. The molecule has 0 bridgehead atoms. The van der Waals surface area contributed by atoms with Crippen LogP contribution in [0.1, 0.15) is 0 Å². The van der Waals surface area contributed by atoms with Gasteiger partial charge in [0.05, 0.1) is 6.67 Å². The van der Waals surface area contributed by atoms with Crippen LogP contribution in [0, 0.1) is 0 Å². The van der Waals surface area contributed by atoms with Gasteiger partial charge >= 0.3 is 12.1 Å². The molecule has 0 atom stereocenters. The summed E-state index contributed by atoms with van der Waals surface area (Å²) < 4.78 is 0. The van der Waals surface area contributed by atoms with Crippen LogP contribution in [-0.4, -0.2) is 102 Å². The first-order valence-electron chi connectivity index (χ1n) is 6.21. The first-order valence-corrected chi connectivity index (χ1v) is 6.21. The van der Waals surface area contributed by atoms with Crippen LogP contribution in [-0.2, 0) is 0 Å². The summed E-state index contributed by atoms with van der Waals surface area (Å²) in [5.74, 6) is -1.58. The van der Waals surface area contributed by atoms with Crippen molar-refractivity contribution >= 4 is 12.1 Å². The number of rotatable bonds is 0. The molecule has 3 fully saturated rings. The molecule has 4 amide bonds. The number of likely N-dealkylation sites (N-methyl/N-ethyl adjacent to an activating group) is 6. The highest BCUT2D eigenvalue weighted by Gasteiger charge is 2.82. The first-order chi connectivity index (χ1) is 8.75. The Bertz CT molecular complexity index is 414. The van der Waals surface area contributed by atoms with Crippen molar-refractivity contribution in [3.8, 4) is 0 Å². The molecule has 3 saturated heterocycles.